The van der Waals surface area contributed by atoms with E-state index in [0.29, 0.717) is 19.7 Å². The molecule has 4 nitrogen and oxygen atoms in total. The van der Waals surface area contributed by atoms with E-state index >= 15 is 0 Å². The topological polar surface area (TPSA) is 52.9 Å². The molecule has 0 aliphatic carbocycles. The summed E-state index contributed by atoms with van der Waals surface area (Å²) in [5.74, 6) is 5.61. The van der Waals surface area contributed by atoms with Crippen LogP contribution in [-0.2, 0) is 11.3 Å². The van der Waals surface area contributed by atoms with Crippen LogP contribution in [0.4, 0.5) is 0 Å². The van der Waals surface area contributed by atoms with Crippen molar-refractivity contribution >= 4 is 0 Å². The standard InChI is InChI=1S/C15H21NO3/c1-19-12-9-16(8-11-18)13-15-6-3-2-5-14(15)7-4-10-17/h2-3,5-6,17-18H,8-13H2,1H3. The first-order chi connectivity index (χ1) is 9.31. The summed E-state index contributed by atoms with van der Waals surface area (Å²) in [6.07, 6.45) is 0. The number of ether oxygens (including phenoxy) is 1. The zero-order chi connectivity index (χ0) is 13.9. The van der Waals surface area contributed by atoms with E-state index in [0.717, 1.165) is 17.7 Å². The number of aliphatic hydroxyl groups excluding tert-OH is 2. The Morgan fingerprint density at radius 2 is 2.00 bits per heavy atom. The van der Waals surface area contributed by atoms with E-state index in [9.17, 15) is 0 Å². The average Bonchev–Trinajstić information content (AvgIpc) is 2.44. The lowest BCUT2D eigenvalue weighted by molar-refractivity contribution is 0.127. The summed E-state index contributed by atoms with van der Waals surface area (Å²) in [7, 11) is 1.66. The normalized spacial score (nSPS) is 10.3. The second-order valence-corrected chi connectivity index (χ2v) is 4.11. The molecule has 4 heteroatoms. The van der Waals surface area contributed by atoms with Gasteiger partial charge in [0.05, 0.1) is 13.2 Å². The van der Waals surface area contributed by atoms with E-state index in [4.69, 9.17) is 14.9 Å². The van der Waals surface area contributed by atoms with Crippen LogP contribution in [0.2, 0.25) is 0 Å². The third-order valence-electron chi connectivity index (χ3n) is 2.74. The third kappa shape index (κ3) is 5.86. The third-order valence-corrected chi connectivity index (χ3v) is 2.74. The van der Waals surface area contributed by atoms with Gasteiger partial charge >= 0.3 is 0 Å². The van der Waals surface area contributed by atoms with Crippen LogP contribution in [0.1, 0.15) is 11.1 Å². The summed E-state index contributed by atoms with van der Waals surface area (Å²) in [6, 6.07) is 7.84. The first-order valence-corrected chi connectivity index (χ1v) is 6.31. The highest BCUT2D eigenvalue weighted by Gasteiger charge is 2.07. The Morgan fingerprint density at radius 3 is 2.68 bits per heavy atom. The Hall–Kier alpha value is -1.38. The number of rotatable bonds is 7. The number of nitrogens with zero attached hydrogens (tertiary/aromatic N) is 1. The summed E-state index contributed by atoms with van der Waals surface area (Å²) < 4.78 is 5.07. The van der Waals surface area contributed by atoms with Crippen LogP contribution < -0.4 is 0 Å². The van der Waals surface area contributed by atoms with Crippen LogP contribution in [0, 0.1) is 11.8 Å². The summed E-state index contributed by atoms with van der Waals surface area (Å²) >= 11 is 0. The molecule has 0 heterocycles. The molecular weight excluding hydrogens is 242 g/mol. The lowest BCUT2D eigenvalue weighted by atomic mass is 10.1. The Labute approximate surface area is 114 Å². The van der Waals surface area contributed by atoms with Crippen molar-refractivity contribution < 1.29 is 14.9 Å². The molecule has 0 atom stereocenters. The molecule has 0 aromatic heterocycles. The van der Waals surface area contributed by atoms with Crippen molar-refractivity contribution in [2.45, 2.75) is 6.54 Å². The predicted molar refractivity (Wildman–Crippen MR) is 74.6 cm³/mol. The SMILES string of the molecule is COCCN(CCO)Cc1ccccc1C#CCO. The van der Waals surface area contributed by atoms with E-state index in [2.05, 4.69) is 16.7 Å². The lowest BCUT2D eigenvalue weighted by Gasteiger charge is -2.21. The van der Waals surface area contributed by atoms with Crippen LogP contribution in [0.3, 0.4) is 0 Å². The molecule has 0 fully saturated rings. The fraction of sp³-hybridized carbons (Fsp3) is 0.467. The van der Waals surface area contributed by atoms with Crippen molar-refractivity contribution in [3.05, 3.63) is 35.4 Å². The van der Waals surface area contributed by atoms with Gasteiger partial charge in [0.1, 0.15) is 6.61 Å². The van der Waals surface area contributed by atoms with Gasteiger partial charge in [-0.3, -0.25) is 4.90 Å². The largest absolute Gasteiger partial charge is 0.395 e. The van der Waals surface area contributed by atoms with Crippen LogP contribution in [0.5, 0.6) is 0 Å². The molecule has 2 N–H and O–H groups in total. The van der Waals surface area contributed by atoms with Crippen LogP contribution in [0.25, 0.3) is 0 Å². The van der Waals surface area contributed by atoms with E-state index in [1.807, 2.05) is 24.3 Å². The van der Waals surface area contributed by atoms with Gasteiger partial charge in [-0.25, -0.2) is 0 Å². The van der Waals surface area contributed by atoms with Crippen molar-refractivity contribution in [2.75, 3.05) is 40.0 Å². The van der Waals surface area contributed by atoms with Gasteiger partial charge < -0.3 is 14.9 Å². The van der Waals surface area contributed by atoms with Crippen LogP contribution in [0.15, 0.2) is 24.3 Å². The number of benzene rings is 1. The molecule has 0 radical (unpaired) electrons. The monoisotopic (exact) mass is 263 g/mol. The van der Waals surface area contributed by atoms with Gasteiger partial charge in [0.2, 0.25) is 0 Å². The van der Waals surface area contributed by atoms with E-state index in [1.165, 1.54) is 0 Å². The summed E-state index contributed by atoms with van der Waals surface area (Å²) in [4.78, 5) is 2.11. The molecule has 19 heavy (non-hydrogen) atoms. The molecule has 0 saturated heterocycles. The minimum atomic E-state index is -0.141. The number of methoxy groups -OCH3 is 1. The van der Waals surface area contributed by atoms with Gasteiger partial charge in [-0.2, -0.15) is 0 Å². The summed E-state index contributed by atoms with van der Waals surface area (Å²) in [5.41, 5.74) is 2.00. The molecule has 1 aromatic carbocycles. The maximum Gasteiger partial charge on any atom is 0.104 e. The van der Waals surface area contributed by atoms with Crippen molar-refractivity contribution in [3.63, 3.8) is 0 Å². The minimum Gasteiger partial charge on any atom is -0.395 e. The molecule has 0 spiro atoms. The first-order valence-electron chi connectivity index (χ1n) is 6.31. The highest BCUT2D eigenvalue weighted by Crippen LogP contribution is 2.10. The molecule has 1 aromatic rings. The molecule has 0 bridgehead atoms. The Bertz CT molecular complexity index is 423. The smallest absolute Gasteiger partial charge is 0.104 e. The maximum absolute atomic E-state index is 9.08. The average molecular weight is 263 g/mol. The van der Waals surface area contributed by atoms with Gasteiger partial charge in [-0.05, 0) is 11.6 Å². The van der Waals surface area contributed by atoms with E-state index in [1.54, 1.807) is 7.11 Å². The van der Waals surface area contributed by atoms with Crippen LogP contribution in [-0.4, -0.2) is 55.1 Å². The van der Waals surface area contributed by atoms with Gasteiger partial charge in [0.25, 0.3) is 0 Å². The maximum atomic E-state index is 9.08. The molecule has 104 valence electrons. The molecule has 0 amide bonds. The predicted octanol–water partition coefficient (Wildman–Crippen LogP) is 0.471. The molecule has 0 unspecified atom stereocenters. The lowest BCUT2D eigenvalue weighted by Crippen LogP contribution is -2.30. The quantitative estimate of drug-likeness (QED) is 0.702. The van der Waals surface area contributed by atoms with Gasteiger partial charge in [0.15, 0.2) is 0 Å². The fourth-order valence-electron chi connectivity index (χ4n) is 1.79. The zero-order valence-electron chi connectivity index (χ0n) is 11.3. The van der Waals surface area contributed by atoms with Gasteiger partial charge in [-0.15, -0.1) is 0 Å². The summed E-state index contributed by atoms with van der Waals surface area (Å²) in [5, 5.41) is 17.8. The highest BCUT2D eigenvalue weighted by atomic mass is 16.5. The van der Waals surface area contributed by atoms with Crippen molar-refractivity contribution in [3.8, 4) is 11.8 Å². The Kier molecular flexibility index (Phi) is 7.87. The Balaban J connectivity index is 2.77. The van der Waals surface area contributed by atoms with Crippen LogP contribution >= 0.6 is 0 Å². The number of hydrogen-bond donors (Lipinski definition) is 2. The number of aliphatic hydroxyl groups is 2. The molecular formula is C15H21NO3. The molecule has 0 aliphatic rings. The highest BCUT2D eigenvalue weighted by molar-refractivity contribution is 5.41. The molecule has 1 rings (SSSR count). The first kappa shape index (κ1) is 15.7. The minimum absolute atomic E-state index is 0.119. The molecule has 0 saturated carbocycles. The Morgan fingerprint density at radius 1 is 1.21 bits per heavy atom. The van der Waals surface area contributed by atoms with E-state index < -0.39 is 0 Å². The van der Waals surface area contributed by atoms with Gasteiger partial charge in [-0.1, -0.05) is 30.0 Å². The second-order valence-electron chi connectivity index (χ2n) is 4.11. The molecule has 0 aliphatic heterocycles. The summed E-state index contributed by atoms with van der Waals surface area (Å²) in [6.45, 7) is 2.68. The van der Waals surface area contributed by atoms with Crippen molar-refractivity contribution in [1.82, 2.24) is 4.90 Å². The fourth-order valence-corrected chi connectivity index (χ4v) is 1.79. The van der Waals surface area contributed by atoms with E-state index in [-0.39, 0.29) is 13.2 Å². The van der Waals surface area contributed by atoms with Gasteiger partial charge in [0, 0.05) is 32.3 Å². The zero-order valence-corrected chi connectivity index (χ0v) is 11.3. The number of hydrogen-bond acceptors (Lipinski definition) is 4. The van der Waals surface area contributed by atoms with Crippen molar-refractivity contribution in [1.29, 1.82) is 0 Å². The van der Waals surface area contributed by atoms with Crippen molar-refractivity contribution in [2.24, 2.45) is 0 Å². The second kappa shape index (κ2) is 9.54.